The fourth-order valence-corrected chi connectivity index (χ4v) is 2.90. The Kier molecular flexibility index (Phi) is 3.72. The van der Waals surface area contributed by atoms with Crippen molar-refractivity contribution in [2.45, 2.75) is 25.8 Å². The summed E-state index contributed by atoms with van der Waals surface area (Å²) in [6, 6.07) is 0.450. The summed E-state index contributed by atoms with van der Waals surface area (Å²) >= 11 is 1.68. The van der Waals surface area contributed by atoms with Crippen molar-refractivity contribution >= 4 is 11.3 Å². The number of aromatic nitrogens is 1. The largest absolute Gasteiger partial charge is 0.330 e. The molecule has 0 spiro atoms. The van der Waals surface area contributed by atoms with Crippen LogP contribution in [0.5, 0.6) is 0 Å². The van der Waals surface area contributed by atoms with Crippen molar-refractivity contribution in [2.75, 3.05) is 19.6 Å². The van der Waals surface area contributed by atoms with Crippen molar-refractivity contribution in [1.29, 1.82) is 0 Å². The summed E-state index contributed by atoms with van der Waals surface area (Å²) in [4.78, 5) is 6.90. The zero-order valence-electron chi connectivity index (χ0n) is 9.22. The van der Waals surface area contributed by atoms with Crippen LogP contribution in [0.2, 0.25) is 0 Å². The molecule has 0 bridgehead atoms. The molecule has 4 heteroatoms. The van der Waals surface area contributed by atoms with Crippen molar-refractivity contribution in [2.24, 2.45) is 11.7 Å². The average molecular weight is 225 g/mol. The van der Waals surface area contributed by atoms with Crippen LogP contribution in [0.15, 0.2) is 10.9 Å². The van der Waals surface area contributed by atoms with Crippen LogP contribution in [0, 0.1) is 5.92 Å². The van der Waals surface area contributed by atoms with Gasteiger partial charge in [-0.1, -0.05) is 0 Å². The summed E-state index contributed by atoms with van der Waals surface area (Å²) in [7, 11) is 0. The van der Waals surface area contributed by atoms with E-state index in [2.05, 4.69) is 22.2 Å². The summed E-state index contributed by atoms with van der Waals surface area (Å²) < 4.78 is 0. The van der Waals surface area contributed by atoms with Crippen molar-refractivity contribution in [1.82, 2.24) is 9.88 Å². The Morgan fingerprint density at radius 2 is 2.60 bits per heavy atom. The van der Waals surface area contributed by atoms with Gasteiger partial charge in [0.2, 0.25) is 0 Å². The van der Waals surface area contributed by atoms with Crippen LogP contribution >= 0.6 is 11.3 Å². The molecule has 2 atom stereocenters. The Hall–Kier alpha value is -0.450. The zero-order chi connectivity index (χ0) is 10.7. The SMILES string of the molecule is CC(c1cscn1)N1CCCC(CN)C1. The second-order valence-corrected chi connectivity index (χ2v) is 5.05. The first-order valence-electron chi connectivity index (χ1n) is 5.63. The topological polar surface area (TPSA) is 42.2 Å². The maximum atomic E-state index is 5.74. The second kappa shape index (κ2) is 5.05. The number of hydrogen-bond acceptors (Lipinski definition) is 4. The molecular formula is C11H19N3S. The van der Waals surface area contributed by atoms with Gasteiger partial charge in [-0.05, 0) is 38.8 Å². The number of hydrogen-bond donors (Lipinski definition) is 1. The van der Waals surface area contributed by atoms with Crippen LogP contribution in [0.4, 0.5) is 0 Å². The van der Waals surface area contributed by atoms with E-state index in [0.29, 0.717) is 12.0 Å². The van der Waals surface area contributed by atoms with Crippen molar-refractivity contribution < 1.29 is 0 Å². The number of thiazole rings is 1. The van der Waals surface area contributed by atoms with Crippen molar-refractivity contribution in [3.8, 4) is 0 Å². The molecule has 2 heterocycles. The normalized spacial score (nSPS) is 25.3. The maximum absolute atomic E-state index is 5.74. The standard InChI is InChI=1S/C11H19N3S/c1-9(11-7-15-8-13-11)14-4-2-3-10(5-12)6-14/h7-10H,2-6,12H2,1H3. The van der Waals surface area contributed by atoms with Gasteiger partial charge < -0.3 is 5.73 Å². The lowest BCUT2D eigenvalue weighted by Crippen LogP contribution is -2.39. The van der Waals surface area contributed by atoms with Gasteiger partial charge in [0.05, 0.1) is 17.2 Å². The first kappa shape index (κ1) is 11.0. The zero-order valence-corrected chi connectivity index (χ0v) is 10.0. The van der Waals surface area contributed by atoms with Crippen molar-refractivity contribution in [3.63, 3.8) is 0 Å². The first-order valence-corrected chi connectivity index (χ1v) is 6.57. The Balaban J connectivity index is 1.98. The van der Waals surface area contributed by atoms with Gasteiger partial charge in [0, 0.05) is 11.9 Å². The van der Waals surface area contributed by atoms with E-state index in [-0.39, 0.29) is 0 Å². The molecule has 1 fully saturated rings. The molecule has 1 aromatic heterocycles. The van der Waals surface area contributed by atoms with E-state index in [1.807, 2.05) is 5.51 Å². The van der Waals surface area contributed by atoms with Crippen LogP contribution in [0.3, 0.4) is 0 Å². The first-order chi connectivity index (χ1) is 7.31. The van der Waals surface area contributed by atoms with E-state index in [0.717, 1.165) is 13.1 Å². The molecule has 1 aromatic rings. The molecule has 1 saturated heterocycles. The summed E-state index contributed by atoms with van der Waals surface area (Å²) in [5.41, 5.74) is 8.86. The molecule has 0 saturated carbocycles. The lowest BCUT2D eigenvalue weighted by atomic mass is 9.97. The molecule has 1 aliphatic rings. The van der Waals surface area contributed by atoms with E-state index >= 15 is 0 Å². The molecule has 0 aromatic carbocycles. The fourth-order valence-electron chi connectivity index (χ4n) is 2.26. The third kappa shape index (κ3) is 2.56. The highest BCUT2D eigenvalue weighted by Gasteiger charge is 2.24. The van der Waals surface area contributed by atoms with Gasteiger partial charge in [-0.3, -0.25) is 4.90 Å². The third-order valence-electron chi connectivity index (χ3n) is 3.31. The minimum Gasteiger partial charge on any atom is -0.330 e. The Labute approximate surface area is 95.3 Å². The smallest absolute Gasteiger partial charge is 0.0795 e. The van der Waals surface area contributed by atoms with Gasteiger partial charge in [-0.2, -0.15) is 0 Å². The summed E-state index contributed by atoms with van der Waals surface area (Å²) in [5, 5.41) is 2.15. The van der Waals surface area contributed by atoms with Crippen molar-refractivity contribution in [3.05, 3.63) is 16.6 Å². The van der Waals surface area contributed by atoms with E-state index in [4.69, 9.17) is 5.73 Å². The Bertz CT molecular complexity index is 286. The molecule has 15 heavy (non-hydrogen) atoms. The second-order valence-electron chi connectivity index (χ2n) is 4.33. The van der Waals surface area contributed by atoms with Gasteiger partial charge in [0.1, 0.15) is 0 Å². The highest BCUT2D eigenvalue weighted by molar-refractivity contribution is 7.07. The number of piperidine rings is 1. The molecule has 0 aliphatic carbocycles. The van der Waals surface area contributed by atoms with E-state index in [9.17, 15) is 0 Å². The monoisotopic (exact) mass is 225 g/mol. The summed E-state index contributed by atoms with van der Waals surface area (Å²) in [6.07, 6.45) is 2.56. The van der Waals surface area contributed by atoms with Gasteiger partial charge in [-0.25, -0.2) is 4.98 Å². The van der Waals surface area contributed by atoms with Crippen LogP contribution < -0.4 is 5.73 Å². The molecule has 2 rings (SSSR count). The summed E-state index contributed by atoms with van der Waals surface area (Å²) in [5.74, 6) is 0.680. The van der Waals surface area contributed by atoms with Crippen LogP contribution in [0.1, 0.15) is 31.5 Å². The minimum atomic E-state index is 0.450. The molecule has 84 valence electrons. The Morgan fingerprint density at radius 1 is 1.73 bits per heavy atom. The molecule has 2 N–H and O–H groups in total. The van der Waals surface area contributed by atoms with E-state index in [1.165, 1.54) is 25.1 Å². The van der Waals surface area contributed by atoms with Gasteiger partial charge in [0.25, 0.3) is 0 Å². The molecule has 3 nitrogen and oxygen atoms in total. The quantitative estimate of drug-likeness (QED) is 0.854. The average Bonchev–Trinajstić information content (AvgIpc) is 2.81. The number of nitrogens with zero attached hydrogens (tertiary/aromatic N) is 2. The molecule has 0 radical (unpaired) electrons. The van der Waals surface area contributed by atoms with Crippen LogP contribution in [0.25, 0.3) is 0 Å². The predicted octanol–water partition coefficient (Wildman–Crippen LogP) is 1.87. The van der Waals surface area contributed by atoms with E-state index < -0.39 is 0 Å². The molecule has 1 aliphatic heterocycles. The maximum Gasteiger partial charge on any atom is 0.0795 e. The molecular weight excluding hydrogens is 206 g/mol. The van der Waals surface area contributed by atoms with E-state index in [1.54, 1.807) is 11.3 Å². The van der Waals surface area contributed by atoms with Gasteiger partial charge in [-0.15, -0.1) is 11.3 Å². The lowest BCUT2D eigenvalue weighted by molar-refractivity contribution is 0.133. The lowest BCUT2D eigenvalue weighted by Gasteiger charge is -2.35. The van der Waals surface area contributed by atoms with Gasteiger partial charge >= 0.3 is 0 Å². The number of rotatable bonds is 3. The number of nitrogens with two attached hydrogens (primary N) is 1. The Morgan fingerprint density at radius 3 is 3.27 bits per heavy atom. The van der Waals surface area contributed by atoms with Crippen LogP contribution in [-0.4, -0.2) is 29.5 Å². The number of likely N-dealkylation sites (tertiary alicyclic amines) is 1. The predicted molar refractivity (Wildman–Crippen MR) is 63.9 cm³/mol. The van der Waals surface area contributed by atoms with Gasteiger partial charge in [0.15, 0.2) is 0 Å². The highest BCUT2D eigenvalue weighted by Crippen LogP contribution is 2.25. The fraction of sp³-hybridized carbons (Fsp3) is 0.727. The minimum absolute atomic E-state index is 0.450. The molecule has 2 unspecified atom stereocenters. The van der Waals surface area contributed by atoms with Crippen LogP contribution in [-0.2, 0) is 0 Å². The summed E-state index contributed by atoms with van der Waals surface area (Å²) in [6.45, 7) is 5.39. The third-order valence-corrected chi connectivity index (χ3v) is 3.92. The molecule has 0 amide bonds. The highest BCUT2D eigenvalue weighted by atomic mass is 32.1.